The fraction of sp³-hybridized carbons (Fsp3) is 0. The molecule has 66 heavy (non-hydrogen) atoms. The lowest BCUT2D eigenvalue weighted by atomic mass is 9.87. The third-order valence-electron chi connectivity index (χ3n) is 14.0. The Hall–Kier alpha value is -8.72. The van der Waals surface area contributed by atoms with Crippen molar-refractivity contribution in [1.82, 2.24) is 4.57 Å². The maximum Gasteiger partial charge on any atom is 0.0547 e. The average molecular weight is 837 g/mol. The summed E-state index contributed by atoms with van der Waals surface area (Å²) in [5, 5.41) is 17.8. The quantitative estimate of drug-likeness (QED) is 0.152. The van der Waals surface area contributed by atoms with Gasteiger partial charge in [-0.3, -0.25) is 0 Å². The molecule has 13 aromatic carbocycles. The predicted octanol–water partition coefficient (Wildman–Crippen LogP) is 17.9. The second kappa shape index (κ2) is 14.4. The predicted molar refractivity (Wildman–Crippen MR) is 283 cm³/mol. The van der Waals surface area contributed by atoms with Gasteiger partial charge in [-0.1, -0.05) is 188 Å². The number of fused-ring (bicyclic) bond motifs is 5. The third kappa shape index (κ3) is 5.42. The molecule has 0 unspecified atom stereocenters. The van der Waals surface area contributed by atoms with Gasteiger partial charge in [0, 0.05) is 33.4 Å². The van der Waals surface area contributed by atoms with Crippen LogP contribution in [0, 0.1) is 0 Å². The minimum absolute atomic E-state index is 1.09. The monoisotopic (exact) mass is 836 g/mol. The van der Waals surface area contributed by atoms with Gasteiger partial charge >= 0.3 is 0 Å². The first-order chi connectivity index (χ1) is 32.8. The lowest BCUT2D eigenvalue weighted by molar-refractivity contribution is 1.18. The van der Waals surface area contributed by atoms with Gasteiger partial charge in [0.1, 0.15) is 0 Å². The highest BCUT2D eigenvalue weighted by Crippen LogP contribution is 2.48. The van der Waals surface area contributed by atoms with E-state index >= 15 is 0 Å². The van der Waals surface area contributed by atoms with Crippen molar-refractivity contribution in [3.63, 3.8) is 0 Å². The molecular formula is C64H40N2. The molecule has 2 nitrogen and oxygen atoms in total. The van der Waals surface area contributed by atoms with E-state index in [4.69, 9.17) is 0 Å². The molecule has 306 valence electrons. The molecule has 1 heterocycles. The highest BCUT2D eigenvalue weighted by atomic mass is 15.1. The molecule has 0 amide bonds. The van der Waals surface area contributed by atoms with Gasteiger partial charge < -0.3 is 9.47 Å². The van der Waals surface area contributed by atoms with E-state index in [-0.39, 0.29) is 0 Å². The Bertz CT molecular complexity index is 4200. The van der Waals surface area contributed by atoms with Crippen molar-refractivity contribution in [2.24, 2.45) is 0 Å². The van der Waals surface area contributed by atoms with Crippen LogP contribution in [0.1, 0.15) is 0 Å². The summed E-state index contributed by atoms with van der Waals surface area (Å²) in [5.41, 5.74) is 11.6. The molecule has 0 fully saturated rings. The molecule has 0 saturated heterocycles. The van der Waals surface area contributed by atoms with Crippen LogP contribution in [-0.2, 0) is 0 Å². The number of rotatable bonds is 6. The smallest absolute Gasteiger partial charge is 0.0547 e. The van der Waals surface area contributed by atoms with Crippen LogP contribution in [-0.4, -0.2) is 4.57 Å². The van der Waals surface area contributed by atoms with Gasteiger partial charge in [-0.05, 0) is 136 Å². The van der Waals surface area contributed by atoms with Crippen LogP contribution < -0.4 is 4.90 Å². The molecule has 1 aromatic heterocycles. The third-order valence-corrected chi connectivity index (χ3v) is 14.0. The van der Waals surface area contributed by atoms with E-state index in [9.17, 15) is 0 Å². The van der Waals surface area contributed by atoms with Gasteiger partial charge in [-0.2, -0.15) is 0 Å². The Morgan fingerprint density at radius 3 is 1.47 bits per heavy atom. The first-order valence-corrected chi connectivity index (χ1v) is 22.8. The van der Waals surface area contributed by atoms with Crippen molar-refractivity contribution in [2.75, 3.05) is 4.90 Å². The van der Waals surface area contributed by atoms with E-state index in [0.29, 0.717) is 0 Å². The van der Waals surface area contributed by atoms with E-state index in [2.05, 4.69) is 252 Å². The van der Waals surface area contributed by atoms with E-state index in [1.807, 2.05) is 0 Å². The Balaban J connectivity index is 1.05. The summed E-state index contributed by atoms with van der Waals surface area (Å²) >= 11 is 0. The number of para-hydroxylation sites is 3. The Morgan fingerprint density at radius 2 is 0.773 bits per heavy atom. The van der Waals surface area contributed by atoms with Crippen molar-refractivity contribution >= 4 is 104 Å². The molecule has 0 atom stereocenters. The summed E-state index contributed by atoms with van der Waals surface area (Å²) in [6.07, 6.45) is 0. The zero-order chi connectivity index (χ0) is 43.3. The van der Waals surface area contributed by atoms with Gasteiger partial charge in [0.05, 0.1) is 16.7 Å². The Morgan fingerprint density at radius 1 is 0.273 bits per heavy atom. The topological polar surface area (TPSA) is 8.17 Å². The highest BCUT2D eigenvalue weighted by Gasteiger charge is 2.22. The zero-order valence-electron chi connectivity index (χ0n) is 36.0. The van der Waals surface area contributed by atoms with Crippen molar-refractivity contribution in [1.29, 1.82) is 0 Å². The molecule has 0 radical (unpaired) electrons. The number of hydrogen-bond acceptors (Lipinski definition) is 1. The van der Waals surface area contributed by atoms with Crippen LogP contribution in [0.15, 0.2) is 243 Å². The van der Waals surface area contributed by atoms with Crippen molar-refractivity contribution in [3.05, 3.63) is 243 Å². The second-order valence-electron chi connectivity index (χ2n) is 17.6. The summed E-state index contributed by atoms with van der Waals surface area (Å²) in [7, 11) is 0. The molecule has 0 N–H and O–H groups in total. The zero-order valence-corrected chi connectivity index (χ0v) is 36.0. The van der Waals surface area contributed by atoms with Gasteiger partial charge in [-0.25, -0.2) is 0 Å². The van der Waals surface area contributed by atoms with Crippen molar-refractivity contribution in [3.8, 4) is 27.9 Å². The lowest BCUT2D eigenvalue weighted by Crippen LogP contribution is -2.11. The van der Waals surface area contributed by atoms with E-state index < -0.39 is 0 Å². The van der Waals surface area contributed by atoms with E-state index in [1.165, 1.54) is 109 Å². The average Bonchev–Trinajstić information content (AvgIpc) is 3.73. The molecule has 0 bridgehead atoms. The summed E-state index contributed by atoms with van der Waals surface area (Å²) in [6.45, 7) is 0. The van der Waals surface area contributed by atoms with Crippen LogP contribution >= 0.6 is 0 Å². The first-order valence-electron chi connectivity index (χ1n) is 22.8. The standard InChI is InChI=1S/C64H40N2/c1-3-15-41(16-4-1)50-22-7-9-28-57(50)65(48-37-35-42(36-38-48)51-24-14-30-59-64(51)55-23-8-10-29-58(55)66(59)47-20-5-2-6-21-47)49-39-46-34-33-45-18-12-26-53-52-25-11-17-43-31-32-44-19-13-27-54(62(44)60(43)52)56(40-49)63(46)61(45)53/h1-40H. The minimum Gasteiger partial charge on any atom is -0.310 e. The van der Waals surface area contributed by atoms with E-state index in [1.54, 1.807) is 0 Å². The fourth-order valence-electron chi connectivity index (χ4n) is 11.3. The van der Waals surface area contributed by atoms with Gasteiger partial charge in [0.25, 0.3) is 0 Å². The highest BCUT2D eigenvalue weighted by molar-refractivity contribution is 6.37. The van der Waals surface area contributed by atoms with Crippen LogP contribution in [0.3, 0.4) is 0 Å². The maximum absolute atomic E-state index is 2.48. The summed E-state index contributed by atoms with van der Waals surface area (Å²) in [5.74, 6) is 0. The lowest BCUT2D eigenvalue weighted by Gasteiger charge is -2.29. The Labute approximate surface area is 381 Å². The minimum atomic E-state index is 1.09. The van der Waals surface area contributed by atoms with Gasteiger partial charge in [0.2, 0.25) is 0 Å². The van der Waals surface area contributed by atoms with Crippen molar-refractivity contribution in [2.45, 2.75) is 0 Å². The normalized spacial score (nSPS) is 11.9. The number of aromatic nitrogens is 1. The molecule has 14 rings (SSSR count). The first kappa shape index (κ1) is 36.7. The molecule has 0 aliphatic rings. The van der Waals surface area contributed by atoms with Crippen molar-refractivity contribution < 1.29 is 0 Å². The van der Waals surface area contributed by atoms with Crippen LogP contribution in [0.5, 0.6) is 0 Å². The molecule has 14 aromatic rings. The number of anilines is 3. The largest absolute Gasteiger partial charge is 0.310 e. The van der Waals surface area contributed by atoms with E-state index in [0.717, 1.165) is 22.7 Å². The van der Waals surface area contributed by atoms with Gasteiger partial charge in [0.15, 0.2) is 0 Å². The SMILES string of the molecule is c1ccc(-c2ccccc2N(c2ccc(-c3cccc4c3c3ccccc3n4-c3ccccc3)cc2)c2cc3ccc4cccc5c6cccc7ccc8cccc(c(c2)c3c45)c8c76)cc1. The van der Waals surface area contributed by atoms with Gasteiger partial charge in [-0.15, -0.1) is 0 Å². The van der Waals surface area contributed by atoms with Crippen LogP contribution in [0.4, 0.5) is 17.1 Å². The molecule has 2 heteroatoms. The summed E-state index contributed by atoms with van der Waals surface area (Å²) < 4.78 is 2.40. The van der Waals surface area contributed by atoms with Crippen LogP contribution in [0.2, 0.25) is 0 Å². The Kier molecular flexibility index (Phi) is 8.02. The maximum atomic E-state index is 2.48. The molecule has 0 spiro atoms. The molecular weight excluding hydrogens is 797 g/mol. The molecule has 0 aliphatic heterocycles. The number of hydrogen-bond donors (Lipinski definition) is 0. The molecule has 0 saturated carbocycles. The fourth-order valence-corrected chi connectivity index (χ4v) is 11.3. The summed E-state index contributed by atoms with van der Waals surface area (Å²) in [6, 6.07) is 89.7. The summed E-state index contributed by atoms with van der Waals surface area (Å²) in [4.78, 5) is 2.48. The van der Waals surface area contributed by atoms with Crippen LogP contribution in [0.25, 0.3) is 114 Å². The molecule has 0 aliphatic carbocycles. The second-order valence-corrected chi connectivity index (χ2v) is 17.6. The number of benzene rings is 12. The number of nitrogens with zero attached hydrogens (tertiary/aromatic N) is 2.